The second-order valence-electron chi connectivity index (χ2n) is 6.08. The molecule has 10 heteroatoms. The Morgan fingerprint density at radius 2 is 1.80 bits per heavy atom. The molecule has 1 aromatic heterocycles. The number of benzene rings is 2. The van der Waals surface area contributed by atoms with Crippen LogP contribution in [0.4, 0.5) is 5.69 Å². The fourth-order valence-electron chi connectivity index (χ4n) is 2.77. The standard InChI is InChI=1S/C20H20Cl2N4O3S/c1-4-26-19(12-5-7-13(21)8-6-12)24-25-20(26)30-11-18(27)23-15-10-16(28-2)14(22)9-17(15)29-3/h5-10H,4,11H2,1-3H3,(H,23,27). The van der Waals surface area contributed by atoms with Gasteiger partial charge in [0.2, 0.25) is 5.91 Å². The summed E-state index contributed by atoms with van der Waals surface area (Å²) in [6.07, 6.45) is 0. The number of ether oxygens (including phenoxy) is 2. The zero-order valence-corrected chi connectivity index (χ0v) is 18.9. The molecule has 0 bridgehead atoms. The van der Waals surface area contributed by atoms with Crippen molar-refractivity contribution in [1.29, 1.82) is 0 Å². The molecule has 158 valence electrons. The summed E-state index contributed by atoms with van der Waals surface area (Å²) < 4.78 is 12.4. The molecule has 0 saturated carbocycles. The predicted molar refractivity (Wildman–Crippen MR) is 120 cm³/mol. The molecule has 0 aliphatic rings. The van der Waals surface area contributed by atoms with Crippen LogP contribution in [-0.2, 0) is 11.3 Å². The first-order valence-electron chi connectivity index (χ1n) is 9.00. The summed E-state index contributed by atoms with van der Waals surface area (Å²) >= 11 is 13.4. The summed E-state index contributed by atoms with van der Waals surface area (Å²) in [4.78, 5) is 12.5. The number of nitrogens with zero attached hydrogens (tertiary/aromatic N) is 3. The van der Waals surface area contributed by atoms with Crippen LogP contribution >= 0.6 is 35.0 Å². The fraction of sp³-hybridized carbons (Fsp3) is 0.250. The number of nitrogens with one attached hydrogen (secondary N) is 1. The lowest BCUT2D eigenvalue weighted by atomic mass is 10.2. The quantitative estimate of drug-likeness (QED) is 0.469. The molecular weight excluding hydrogens is 447 g/mol. The third-order valence-electron chi connectivity index (χ3n) is 4.22. The van der Waals surface area contributed by atoms with E-state index in [1.54, 1.807) is 24.3 Å². The van der Waals surface area contributed by atoms with E-state index in [2.05, 4.69) is 15.5 Å². The molecular formula is C20H20Cl2N4O3S. The first kappa shape index (κ1) is 22.3. The molecule has 3 aromatic rings. The Labute approximate surface area is 188 Å². The number of hydrogen-bond donors (Lipinski definition) is 1. The van der Waals surface area contributed by atoms with Crippen molar-refractivity contribution in [2.75, 3.05) is 25.3 Å². The van der Waals surface area contributed by atoms with E-state index in [0.717, 1.165) is 11.4 Å². The smallest absolute Gasteiger partial charge is 0.234 e. The summed E-state index contributed by atoms with van der Waals surface area (Å²) in [5.41, 5.74) is 1.38. The highest BCUT2D eigenvalue weighted by Crippen LogP contribution is 2.36. The lowest BCUT2D eigenvalue weighted by Gasteiger charge is -2.13. The number of anilines is 1. The van der Waals surface area contributed by atoms with Gasteiger partial charge in [-0.25, -0.2) is 0 Å². The summed E-state index contributed by atoms with van der Waals surface area (Å²) in [6, 6.07) is 10.6. The Morgan fingerprint density at radius 1 is 1.10 bits per heavy atom. The number of methoxy groups -OCH3 is 2. The van der Waals surface area contributed by atoms with Gasteiger partial charge < -0.3 is 19.4 Å². The van der Waals surface area contributed by atoms with Crippen LogP contribution in [0, 0.1) is 0 Å². The summed E-state index contributed by atoms with van der Waals surface area (Å²) in [5.74, 6) is 1.54. The molecule has 1 amide bonds. The zero-order valence-electron chi connectivity index (χ0n) is 16.6. The summed E-state index contributed by atoms with van der Waals surface area (Å²) in [7, 11) is 3.01. The average Bonchev–Trinajstić information content (AvgIpc) is 3.16. The molecule has 1 N–H and O–H groups in total. The van der Waals surface area contributed by atoms with Gasteiger partial charge in [-0.2, -0.15) is 0 Å². The normalized spacial score (nSPS) is 10.7. The molecule has 0 aliphatic carbocycles. The first-order valence-corrected chi connectivity index (χ1v) is 10.7. The van der Waals surface area contributed by atoms with E-state index in [0.29, 0.717) is 38.9 Å². The van der Waals surface area contributed by atoms with Gasteiger partial charge in [0.05, 0.1) is 30.7 Å². The number of hydrogen-bond acceptors (Lipinski definition) is 6. The van der Waals surface area contributed by atoms with Gasteiger partial charge in [-0.15, -0.1) is 10.2 Å². The van der Waals surface area contributed by atoms with Crippen molar-refractivity contribution in [1.82, 2.24) is 14.8 Å². The van der Waals surface area contributed by atoms with Crippen molar-refractivity contribution in [2.24, 2.45) is 0 Å². The Balaban J connectivity index is 1.72. The van der Waals surface area contributed by atoms with Crippen LogP contribution < -0.4 is 14.8 Å². The van der Waals surface area contributed by atoms with Gasteiger partial charge >= 0.3 is 0 Å². The van der Waals surface area contributed by atoms with Crippen molar-refractivity contribution < 1.29 is 14.3 Å². The van der Waals surface area contributed by atoms with Crippen molar-refractivity contribution in [3.63, 3.8) is 0 Å². The molecule has 7 nitrogen and oxygen atoms in total. The van der Waals surface area contributed by atoms with Gasteiger partial charge in [0.25, 0.3) is 0 Å². The molecule has 0 fully saturated rings. The Bertz CT molecular complexity index is 1040. The van der Waals surface area contributed by atoms with Gasteiger partial charge in [-0.05, 0) is 31.2 Å². The van der Waals surface area contributed by atoms with Gasteiger partial charge in [-0.1, -0.05) is 35.0 Å². The molecule has 3 rings (SSSR count). The lowest BCUT2D eigenvalue weighted by molar-refractivity contribution is -0.113. The highest BCUT2D eigenvalue weighted by atomic mass is 35.5. The number of carbonyl (C=O) groups is 1. The Morgan fingerprint density at radius 3 is 2.43 bits per heavy atom. The van der Waals surface area contributed by atoms with Gasteiger partial charge in [-0.3, -0.25) is 4.79 Å². The predicted octanol–water partition coefficient (Wildman–Crippen LogP) is 5.02. The average molecular weight is 467 g/mol. The molecule has 30 heavy (non-hydrogen) atoms. The number of carbonyl (C=O) groups excluding carboxylic acids is 1. The molecule has 1 heterocycles. The molecule has 0 radical (unpaired) electrons. The molecule has 0 unspecified atom stereocenters. The van der Waals surface area contributed by atoms with Crippen molar-refractivity contribution >= 4 is 46.6 Å². The van der Waals surface area contributed by atoms with Crippen LogP contribution in [0.25, 0.3) is 11.4 Å². The van der Waals surface area contributed by atoms with E-state index >= 15 is 0 Å². The monoisotopic (exact) mass is 466 g/mol. The Kier molecular flexibility index (Phi) is 7.47. The number of thioether (sulfide) groups is 1. The van der Waals surface area contributed by atoms with Crippen LogP contribution in [0.15, 0.2) is 41.6 Å². The first-order chi connectivity index (χ1) is 14.5. The van der Waals surface area contributed by atoms with Crippen LogP contribution in [0.2, 0.25) is 10.0 Å². The minimum atomic E-state index is -0.221. The number of aromatic nitrogens is 3. The second kappa shape index (κ2) is 10.1. The molecule has 0 atom stereocenters. The number of rotatable bonds is 8. The van der Waals surface area contributed by atoms with Crippen LogP contribution in [0.3, 0.4) is 0 Å². The third kappa shape index (κ3) is 5.00. The lowest BCUT2D eigenvalue weighted by Crippen LogP contribution is -2.15. The van der Waals surface area contributed by atoms with Gasteiger partial charge in [0, 0.05) is 29.3 Å². The molecule has 0 spiro atoms. The molecule has 0 saturated heterocycles. The topological polar surface area (TPSA) is 78.3 Å². The summed E-state index contributed by atoms with van der Waals surface area (Å²) in [5, 5.41) is 13.0. The zero-order chi connectivity index (χ0) is 21.7. The van der Waals surface area contributed by atoms with Gasteiger partial charge in [0.15, 0.2) is 11.0 Å². The van der Waals surface area contributed by atoms with Crippen molar-refractivity contribution in [3.8, 4) is 22.9 Å². The van der Waals surface area contributed by atoms with E-state index in [9.17, 15) is 4.79 Å². The molecule has 0 aliphatic heterocycles. The van der Waals surface area contributed by atoms with Gasteiger partial charge in [0.1, 0.15) is 11.5 Å². The van der Waals surface area contributed by atoms with Crippen molar-refractivity contribution in [3.05, 3.63) is 46.4 Å². The largest absolute Gasteiger partial charge is 0.495 e. The van der Waals surface area contributed by atoms with E-state index < -0.39 is 0 Å². The van der Waals surface area contributed by atoms with Crippen LogP contribution in [-0.4, -0.2) is 40.6 Å². The summed E-state index contributed by atoms with van der Waals surface area (Å²) in [6.45, 7) is 2.66. The number of halogens is 2. The number of amides is 1. The van der Waals surface area contributed by atoms with Crippen molar-refractivity contribution in [2.45, 2.75) is 18.6 Å². The maximum absolute atomic E-state index is 12.5. The van der Waals surface area contributed by atoms with E-state index in [4.69, 9.17) is 32.7 Å². The fourth-order valence-corrected chi connectivity index (χ4v) is 3.93. The Hall–Kier alpha value is -2.42. The van der Waals surface area contributed by atoms with E-state index in [-0.39, 0.29) is 11.7 Å². The minimum absolute atomic E-state index is 0.146. The maximum atomic E-state index is 12.5. The maximum Gasteiger partial charge on any atom is 0.234 e. The van der Waals surface area contributed by atoms with Crippen LogP contribution in [0.1, 0.15) is 6.92 Å². The van der Waals surface area contributed by atoms with Crippen LogP contribution in [0.5, 0.6) is 11.5 Å². The van der Waals surface area contributed by atoms with E-state index in [1.165, 1.54) is 26.0 Å². The SMILES string of the molecule is CCn1c(SCC(=O)Nc2cc(OC)c(Cl)cc2OC)nnc1-c1ccc(Cl)cc1. The minimum Gasteiger partial charge on any atom is -0.495 e. The molecule has 2 aromatic carbocycles. The van der Waals surface area contributed by atoms with E-state index in [1.807, 2.05) is 23.6 Å². The highest BCUT2D eigenvalue weighted by Gasteiger charge is 2.16. The third-order valence-corrected chi connectivity index (χ3v) is 5.73. The second-order valence-corrected chi connectivity index (χ2v) is 7.87. The highest BCUT2D eigenvalue weighted by molar-refractivity contribution is 7.99.